The van der Waals surface area contributed by atoms with Crippen LogP contribution in [0.25, 0.3) is 0 Å². The Balaban J connectivity index is 1.43. The van der Waals surface area contributed by atoms with Gasteiger partial charge < -0.3 is 24.4 Å². The van der Waals surface area contributed by atoms with E-state index in [0.717, 1.165) is 5.56 Å². The summed E-state index contributed by atoms with van der Waals surface area (Å²) >= 11 is 0. The second-order valence-corrected chi connectivity index (χ2v) is 9.82. The van der Waals surface area contributed by atoms with Crippen LogP contribution in [0, 0.1) is 0 Å². The van der Waals surface area contributed by atoms with E-state index in [9.17, 15) is 14.4 Å². The number of nitrogens with zero attached hydrogens (tertiary/aromatic N) is 1. The number of carbonyl (C=O) groups is 3. The molecule has 226 valence electrons. The minimum Gasteiger partial charge on any atom is -0.495 e. The van der Waals surface area contributed by atoms with Crippen LogP contribution in [-0.2, 0) is 20.7 Å². The van der Waals surface area contributed by atoms with Crippen molar-refractivity contribution in [2.75, 3.05) is 37.6 Å². The standard InChI is InChI=1S/C36H36N2O6/c1-4-12-34(39)38(32-17-10-11-18-33(32)42-2)23-24-44-28-21-19-26(20-22-28)25-31(36(41)43-3)37-30-16-9-8-15-29(30)35(40)27-13-6-5-7-14-27/h4-22,31,37H,23-25H2,1-3H3/b12-4+/t31-/m0/s1. The van der Waals surface area contributed by atoms with Gasteiger partial charge in [-0.15, -0.1) is 0 Å². The van der Waals surface area contributed by atoms with Gasteiger partial charge in [0, 0.05) is 23.2 Å². The van der Waals surface area contributed by atoms with Gasteiger partial charge in [0.05, 0.1) is 26.5 Å². The molecule has 0 spiro atoms. The number of para-hydroxylation sites is 3. The third-order valence-electron chi connectivity index (χ3n) is 6.92. The summed E-state index contributed by atoms with van der Waals surface area (Å²) in [7, 11) is 2.91. The Kier molecular flexibility index (Phi) is 11.3. The molecule has 4 rings (SSSR count). The second kappa shape index (κ2) is 15.7. The average molecular weight is 593 g/mol. The van der Waals surface area contributed by atoms with E-state index in [-0.39, 0.29) is 18.3 Å². The van der Waals surface area contributed by atoms with Crippen LogP contribution in [0.1, 0.15) is 28.4 Å². The number of carbonyl (C=O) groups excluding carboxylic acids is 3. The lowest BCUT2D eigenvalue weighted by Gasteiger charge is -2.23. The highest BCUT2D eigenvalue weighted by Gasteiger charge is 2.23. The molecule has 0 aliphatic rings. The third kappa shape index (κ3) is 8.13. The SMILES string of the molecule is C/C=C/C(=O)N(CCOc1ccc(C[C@H](Nc2ccccc2C(=O)c2ccccc2)C(=O)OC)cc1)c1ccccc1OC. The Morgan fingerprint density at radius 2 is 1.52 bits per heavy atom. The number of hydrogen-bond donors (Lipinski definition) is 1. The topological polar surface area (TPSA) is 94.2 Å². The summed E-state index contributed by atoms with van der Waals surface area (Å²) in [6, 6.07) is 30.1. The third-order valence-corrected chi connectivity index (χ3v) is 6.92. The number of allylic oxidation sites excluding steroid dienone is 1. The predicted octanol–water partition coefficient (Wildman–Crippen LogP) is 6.11. The van der Waals surface area contributed by atoms with Crippen molar-refractivity contribution in [3.05, 3.63) is 132 Å². The molecule has 0 bridgehead atoms. The zero-order chi connectivity index (χ0) is 31.3. The van der Waals surface area contributed by atoms with E-state index >= 15 is 0 Å². The molecule has 1 amide bonds. The molecule has 0 aliphatic heterocycles. The largest absolute Gasteiger partial charge is 0.495 e. The van der Waals surface area contributed by atoms with Gasteiger partial charge in [-0.1, -0.05) is 72.8 Å². The molecule has 0 saturated carbocycles. The van der Waals surface area contributed by atoms with E-state index in [1.54, 1.807) is 61.4 Å². The number of anilines is 2. The summed E-state index contributed by atoms with van der Waals surface area (Å²) in [4.78, 5) is 40.4. The summed E-state index contributed by atoms with van der Waals surface area (Å²) in [5.74, 6) is 0.443. The number of ether oxygens (including phenoxy) is 3. The van der Waals surface area contributed by atoms with E-state index < -0.39 is 12.0 Å². The van der Waals surface area contributed by atoms with Crippen molar-refractivity contribution in [3.8, 4) is 11.5 Å². The van der Waals surface area contributed by atoms with E-state index in [1.807, 2.05) is 66.7 Å². The number of esters is 1. The second-order valence-electron chi connectivity index (χ2n) is 9.82. The van der Waals surface area contributed by atoms with Crippen LogP contribution in [0.4, 0.5) is 11.4 Å². The molecule has 0 heterocycles. The fourth-order valence-electron chi connectivity index (χ4n) is 4.72. The first-order chi connectivity index (χ1) is 21.4. The summed E-state index contributed by atoms with van der Waals surface area (Å²) in [6.07, 6.45) is 3.52. The molecule has 0 saturated heterocycles. The molecule has 0 fully saturated rings. The Morgan fingerprint density at radius 1 is 0.841 bits per heavy atom. The fraction of sp³-hybridized carbons (Fsp3) is 0.194. The molecule has 4 aromatic rings. The van der Waals surface area contributed by atoms with Gasteiger partial charge in [-0.3, -0.25) is 9.59 Å². The summed E-state index contributed by atoms with van der Waals surface area (Å²) in [6.45, 7) is 2.35. The van der Waals surface area contributed by atoms with Crippen LogP contribution in [0.5, 0.6) is 11.5 Å². The van der Waals surface area contributed by atoms with Gasteiger partial charge in [0.1, 0.15) is 24.1 Å². The van der Waals surface area contributed by atoms with Crippen molar-refractivity contribution in [1.82, 2.24) is 0 Å². The highest BCUT2D eigenvalue weighted by atomic mass is 16.5. The van der Waals surface area contributed by atoms with Crippen LogP contribution in [0.3, 0.4) is 0 Å². The maximum Gasteiger partial charge on any atom is 0.328 e. The maximum atomic E-state index is 13.2. The normalized spacial score (nSPS) is 11.4. The first kappa shape index (κ1) is 31.6. The van der Waals surface area contributed by atoms with Crippen LogP contribution in [0.2, 0.25) is 0 Å². The Labute approximate surface area is 257 Å². The zero-order valence-corrected chi connectivity index (χ0v) is 25.1. The molecule has 4 aromatic carbocycles. The van der Waals surface area contributed by atoms with Gasteiger partial charge in [0.25, 0.3) is 5.91 Å². The lowest BCUT2D eigenvalue weighted by atomic mass is 10.00. The van der Waals surface area contributed by atoms with Gasteiger partial charge in [-0.2, -0.15) is 0 Å². The van der Waals surface area contributed by atoms with Gasteiger partial charge in [0.15, 0.2) is 5.78 Å². The molecule has 0 aliphatic carbocycles. The number of nitrogens with one attached hydrogen (secondary N) is 1. The smallest absolute Gasteiger partial charge is 0.328 e. The first-order valence-corrected chi connectivity index (χ1v) is 14.3. The molecule has 44 heavy (non-hydrogen) atoms. The molecule has 0 aromatic heterocycles. The quantitative estimate of drug-likeness (QED) is 0.107. The molecule has 8 nitrogen and oxygen atoms in total. The fourth-order valence-corrected chi connectivity index (χ4v) is 4.72. The van der Waals surface area contributed by atoms with Crippen molar-refractivity contribution in [3.63, 3.8) is 0 Å². The van der Waals surface area contributed by atoms with Crippen LogP contribution in [0.15, 0.2) is 115 Å². The van der Waals surface area contributed by atoms with E-state index in [4.69, 9.17) is 14.2 Å². The maximum absolute atomic E-state index is 13.2. The molecule has 1 atom stereocenters. The van der Waals surface area contributed by atoms with Crippen molar-refractivity contribution in [1.29, 1.82) is 0 Å². The van der Waals surface area contributed by atoms with Crippen molar-refractivity contribution >= 4 is 29.0 Å². The van der Waals surface area contributed by atoms with Crippen molar-refractivity contribution in [2.24, 2.45) is 0 Å². The lowest BCUT2D eigenvalue weighted by Crippen LogP contribution is -2.33. The summed E-state index contributed by atoms with van der Waals surface area (Å²) in [5, 5.41) is 3.22. The predicted molar refractivity (Wildman–Crippen MR) is 172 cm³/mol. The summed E-state index contributed by atoms with van der Waals surface area (Å²) in [5.41, 5.74) is 3.09. The van der Waals surface area contributed by atoms with Crippen molar-refractivity contribution < 1.29 is 28.6 Å². The monoisotopic (exact) mass is 592 g/mol. The highest BCUT2D eigenvalue weighted by molar-refractivity contribution is 6.12. The molecular formula is C36H36N2O6. The number of rotatable bonds is 14. The number of benzene rings is 4. The number of hydrogen-bond acceptors (Lipinski definition) is 7. The molecule has 0 radical (unpaired) electrons. The first-order valence-electron chi connectivity index (χ1n) is 14.3. The summed E-state index contributed by atoms with van der Waals surface area (Å²) < 4.78 is 16.5. The van der Waals surface area contributed by atoms with E-state index in [2.05, 4.69) is 5.32 Å². The van der Waals surface area contributed by atoms with Gasteiger partial charge in [-0.05, 0) is 55.0 Å². The number of ketones is 1. The van der Waals surface area contributed by atoms with Gasteiger partial charge in [0.2, 0.25) is 0 Å². The zero-order valence-electron chi connectivity index (χ0n) is 25.1. The molecule has 8 heteroatoms. The lowest BCUT2D eigenvalue weighted by molar-refractivity contribution is -0.141. The molecular weight excluding hydrogens is 556 g/mol. The Bertz CT molecular complexity index is 1580. The molecule has 0 unspecified atom stereocenters. The van der Waals surface area contributed by atoms with E-state index in [1.165, 1.54) is 13.2 Å². The minimum absolute atomic E-state index is 0.143. The van der Waals surface area contributed by atoms with Crippen molar-refractivity contribution in [2.45, 2.75) is 19.4 Å². The van der Waals surface area contributed by atoms with Gasteiger partial charge >= 0.3 is 5.97 Å². The van der Waals surface area contributed by atoms with Crippen LogP contribution >= 0.6 is 0 Å². The highest BCUT2D eigenvalue weighted by Crippen LogP contribution is 2.28. The van der Waals surface area contributed by atoms with Crippen LogP contribution < -0.4 is 19.7 Å². The number of amides is 1. The number of methoxy groups -OCH3 is 2. The van der Waals surface area contributed by atoms with E-state index in [0.29, 0.717) is 47.0 Å². The van der Waals surface area contributed by atoms with Crippen LogP contribution in [-0.4, -0.2) is 51.1 Å². The van der Waals surface area contributed by atoms with Gasteiger partial charge in [-0.25, -0.2) is 4.79 Å². The average Bonchev–Trinajstić information content (AvgIpc) is 3.07. The minimum atomic E-state index is -0.733. The molecule has 1 N–H and O–H groups in total. The Morgan fingerprint density at radius 3 is 2.23 bits per heavy atom. The Hall–Kier alpha value is -5.37.